The Bertz CT molecular complexity index is 655. The zero-order chi connectivity index (χ0) is 16.7. The molecule has 1 atom stereocenters. The number of carbonyl (C=O) groups is 1. The molecule has 0 fully saturated rings. The lowest BCUT2D eigenvalue weighted by atomic mass is 10.1. The molecule has 0 bridgehead atoms. The Morgan fingerprint density at radius 2 is 2.17 bits per heavy atom. The molecule has 1 unspecified atom stereocenters. The first-order chi connectivity index (χ1) is 11.1. The minimum atomic E-state index is -1.01. The number of hydrogen-bond donors (Lipinski definition) is 3. The van der Waals surface area contributed by atoms with E-state index in [2.05, 4.69) is 15.6 Å². The van der Waals surface area contributed by atoms with E-state index in [0.717, 1.165) is 11.6 Å². The number of benzene rings is 1. The van der Waals surface area contributed by atoms with Gasteiger partial charge in [0.05, 0.1) is 11.1 Å². The highest BCUT2D eigenvalue weighted by Crippen LogP contribution is 2.19. The Morgan fingerprint density at radius 3 is 2.87 bits per heavy atom. The van der Waals surface area contributed by atoms with Crippen LogP contribution in [-0.2, 0) is 6.42 Å². The molecule has 0 aliphatic carbocycles. The molecule has 7 heteroatoms. The first-order valence-corrected chi connectivity index (χ1v) is 7.47. The topological polar surface area (TPSA) is 74.2 Å². The van der Waals surface area contributed by atoms with E-state index in [1.165, 1.54) is 12.1 Å². The maximum atomic E-state index is 13.3. The zero-order valence-corrected chi connectivity index (χ0v) is 13.1. The second-order valence-corrected chi connectivity index (χ2v) is 5.34. The van der Waals surface area contributed by atoms with Gasteiger partial charge in [-0.2, -0.15) is 0 Å². The summed E-state index contributed by atoms with van der Waals surface area (Å²) in [6, 6.07) is 7.38. The van der Waals surface area contributed by atoms with Crippen LogP contribution in [-0.4, -0.2) is 29.2 Å². The van der Waals surface area contributed by atoms with Crippen molar-refractivity contribution >= 4 is 17.6 Å². The van der Waals surface area contributed by atoms with Crippen LogP contribution < -0.4 is 10.6 Å². The summed E-state index contributed by atoms with van der Waals surface area (Å²) in [7, 11) is 0. The number of urea groups is 1. The van der Waals surface area contributed by atoms with Gasteiger partial charge in [-0.15, -0.1) is 0 Å². The number of rotatable bonds is 6. The van der Waals surface area contributed by atoms with Crippen molar-refractivity contribution in [2.45, 2.75) is 12.5 Å². The van der Waals surface area contributed by atoms with Crippen molar-refractivity contribution in [2.24, 2.45) is 0 Å². The van der Waals surface area contributed by atoms with Gasteiger partial charge in [-0.1, -0.05) is 23.7 Å². The van der Waals surface area contributed by atoms with Crippen LogP contribution in [0.25, 0.3) is 0 Å². The van der Waals surface area contributed by atoms with Gasteiger partial charge in [-0.25, -0.2) is 9.18 Å². The predicted octanol–water partition coefficient (Wildman–Crippen LogP) is 2.45. The maximum Gasteiger partial charge on any atom is 0.314 e. The molecule has 0 aliphatic rings. The van der Waals surface area contributed by atoms with Crippen LogP contribution >= 0.6 is 11.6 Å². The highest BCUT2D eigenvalue weighted by molar-refractivity contribution is 6.30. The summed E-state index contributed by atoms with van der Waals surface area (Å²) in [5.74, 6) is -0.607. The van der Waals surface area contributed by atoms with Crippen molar-refractivity contribution in [2.75, 3.05) is 13.1 Å². The van der Waals surface area contributed by atoms with Crippen LogP contribution in [0.5, 0.6) is 0 Å². The molecule has 23 heavy (non-hydrogen) atoms. The van der Waals surface area contributed by atoms with Crippen LogP contribution in [0.4, 0.5) is 9.18 Å². The van der Waals surface area contributed by atoms with Crippen molar-refractivity contribution in [3.8, 4) is 0 Å². The average molecular weight is 338 g/mol. The van der Waals surface area contributed by atoms with Crippen LogP contribution in [0.1, 0.15) is 17.2 Å². The second-order valence-electron chi connectivity index (χ2n) is 4.94. The van der Waals surface area contributed by atoms with Crippen LogP contribution in [0.15, 0.2) is 42.7 Å². The molecule has 0 spiro atoms. The normalized spacial score (nSPS) is 11.8. The molecule has 0 saturated heterocycles. The number of aliphatic hydroxyl groups is 1. The van der Waals surface area contributed by atoms with E-state index in [-0.39, 0.29) is 11.6 Å². The van der Waals surface area contributed by atoms with Gasteiger partial charge in [-0.05, 0) is 35.7 Å². The largest absolute Gasteiger partial charge is 0.387 e. The molecule has 2 amide bonds. The van der Waals surface area contributed by atoms with E-state index in [9.17, 15) is 14.3 Å². The summed E-state index contributed by atoms with van der Waals surface area (Å²) in [5.41, 5.74) is 1.37. The number of pyridine rings is 1. The average Bonchev–Trinajstić information content (AvgIpc) is 2.56. The maximum absolute atomic E-state index is 13.3. The second kappa shape index (κ2) is 8.45. The molecule has 2 aromatic rings. The Kier molecular flexibility index (Phi) is 6.31. The molecular weight excluding hydrogens is 321 g/mol. The van der Waals surface area contributed by atoms with E-state index in [4.69, 9.17) is 11.6 Å². The number of aromatic nitrogens is 1. The number of nitrogens with one attached hydrogen (secondary N) is 2. The van der Waals surface area contributed by atoms with E-state index in [1.807, 2.05) is 12.1 Å². The minimum Gasteiger partial charge on any atom is -0.387 e. The highest BCUT2D eigenvalue weighted by atomic mass is 35.5. The summed E-state index contributed by atoms with van der Waals surface area (Å²) < 4.78 is 13.3. The van der Waals surface area contributed by atoms with Gasteiger partial charge >= 0.3 is 6.03 Å². The SMILES string of the molecule is O=C(NCCc1cccnc1)NCC(O)c1ccc(Cl)c(F)c1. The summed E-state index contributed by atoms with van der Waals surface area (Å²) in [5, 5.41) is 15.1. The fraction of sp³-hybridized carbons (Fsp3) is 0.250. The lowest BCUT2D eigenvalue weighted by Gasteiger charge is -2.13. The number of aliphatic hydroxyl groups excluding tert-OH is 1. The van der Waals surface area contributed by atoms with Gasteiger partial charge < -0.3 is 15.7 Å². The van der Waals surface area contributed by atoms with Crippen LogP contribution in [0, 0.1) is 5.82 Å². The minimum absolute atomic E-state index is 0.0120. The standard InChI is InChI=1S/C16H17ClFN3O2/c17-13-4-3-12(8-14(13)18)15(22)10-21-16(23)20-7-5-11-2-1-6-19-9-11/h1-4,6,8-9,15,22H,5,7,10H2,(H2,20,21,23). The number of nitrogens with zero attached hydrogens (tertiary/aromatic N) is 1. The van der Waals surface area contributed by atoms with Gasteiger partial charge in [0.1, 0.15) is 5.82 Å². The molecule has 0 radical (unpaired) electrons. The van der Waals surface area contributed by atoms with Gasteiger partial charge in [0, 0.05) is 25.5 Å². The molecule has 122 valence electrons. The first kappa shape index (κ1) is 17.2. The van der Waals surface area contributed by atoms with Gasteiger partial charge in [0.15, 0.2) is 0 Å². The molecule has 1 aromatic heterocycles. The van der Waals surface area contributed by atoms with Crippen LogP contribution in [0.2, 0.25) is 5.02 Å². The van der Waals surface area contributed by atoms with Gasteiger partial charge in [0.25, 0.3) is 0 Å². The Morgan fingerprint density at radius 1 is 1.35 bits per heavy atom. The van der Waals surface area contributed by atoms with E-state index in [0.29, 0.717) is 18.5 Å². The number of halogens is 2. The van der Waals surface area contributed by atoms with Crippen molar-refractivity contribution in [3.05, 3.63) is 64.7 Å². The molecule has 0 aliphatic heterocycles. The smallest absolute Gasteiger partial charge is 0.314 e. The molecule has 0 saturated carbocycles. The first-order valence-electron chi connectivity index (χ1n) is 7.10. The fourth-order valence-corrected chi connectivity index (χ4v) is 2.07. The lowest BCUT2D eigenvalue weighted by molar-refractivity contribution is 0.173. The molecule has 1 aromatic carbocycles. The van der Waals surface area contributed by atoms with Crippen LogP contribution in [0.3, 0.4) is 0 Å². The van der Waals surface area contributed by atoms with Gasteiger partial charge in [-0.3, -0.25) is 4.98 Å². The zero-order valence-electron chi connectivity index (χ0n) is 12.3. The number of hydrogen-bond acceptors (Lipinski definition) is 3. The summed E-state index contributed by atoms with van der Waals surface area (Å²) >= 11 is 5.58. The third-order valence-corrected chi connectivity index (χ3v) is 3.51. The summed E-state index contributed by atoms with van der Waals surface area (Å²) in [6.45, 7) is 0.420. The molecular formula is C16H17ClFN3O2. The third kappa shape index (κ3) is 5.50. The lowest BCUT2D eigenvalue weighted by Crippen LogP contribution is -2.38. The quantitative estimate of drug-likeness (QED) is 0.758. The molecule has 3 N–H and O–H groups in total. The van der Waals surface area contributed by atoms with Crippen molar-refractivity contribution in [3.63, 3.8) is 0 Å². The number of carbonyl (C=O) groups excluding carboxylic acids is 1. The highest BCUT2D eigenvalue weighted by Gasteiger charge is 2.11. The predicted molar refractivity (Wildman–Crippen MR) is 85.7 cm³/mol. The molecule has 1 heterocycles. The summed E-state index contributed by atoms with van der Waals surface area (Å²) in [4.78, 5) is 15.6. The fourth-order valence-electron chi connectivity index (χ4n) is 1.96. The molecule has 5 nitrogen and oxygen atoms in total. The van der Waals surface area contributed by atoms with E-state index >= 15 is 0 Å². The van der Waals surface area contributed by atoms with Crippen molar-refractivity contribution in [1.82, 2.24) is 15.6 Å². The molecule has 2 rings (SSSR count). The van der Waals surface area contributed by atoms with E-state index in [1.54, 1.807) is 12.4 Å². The number of amides is 2. The Labute approximate surface area is 138 Å². The van der Waals surface area contributed by atoms with Crippen molar-refractivity contribution < 1.29 is 14.3 Å². The Balaban J connectivity index is 1.72. The monoisotopic (exact) mass is 337 g/mol. The van der Waals surface area contributed by atoms with Crippen molar-refractivity contribution in [1.29, 1.82) is 0 Å². The van der Waals surface area contributed by atoms with E-state index < -0.39 is 18.0 Å². The third-order valence-electron chi connectivity index (χ3n) is 3.21. The van der Waals surface area contributed by atoms with Gasteiger partial charge in [0.2, 0.25) is 0 Å². The Hall–Kier alpha value is -2.18. The summed E-state index contributed by atoms with van der Waals surface area (Å²) in [6.07, 6.45) is 3.07.